The van der Waals surface area contributed by atoms with Crippen molar-refractivity contribution in [1.82, 2.24) is 0 Å². The second kappa shape index (κ2) is 31.1. The van der Waals surface area contributed by atoms with Crippen molar-refractivity contribution >= 4 is 11.4 Å². The van der Waals surface area contributed by atoms with E-state index in [1.807, 2.05) is 0 Å². The van der Waals surface area contributed by atoms with Gasteiger partial charge in [0.15, 0.2) is 0 Å². The quantitative estimate of drug-likeness (QED) is 0.0439. The normalized spacial score (nSPS) is 12.5. The number of allylic oxidation sites excluding steroid dienone is 4. The third-order valence-electron chi connectivity index (χ3n) is 9.87. The van der Waals surface area contributed by atoms with E-state index in [0.717, 1.165) is 73.9 Å². The Labute approximate surface area is 339 Å². The van der Waals surface area contributed by atoms with Gasteiger partial charge in [0.2, 0.25) is 11.4 Å². The molecule has 2 nitrogen and oxygen atoms in total. The van der Waals surface area contributed by atoms with Crippen LogP contribution in [0.4, 0.5) is 0 Å². The van der Waals surface area contributed by atoms with Gasteiger partial charge in [0.1, 0.15) is 0 Å². The molecule has 0 radical (unpaired) electrons. The van der Waals surface area contributed by atoms with Crippen molar-refractivity contribution in [2.24, 2.45) is 0 Å². The third kappa shape index (κ3) is 18.5. The molecule has 0 saturated carbocycles. The Morgan fingerprint density at radius 3 is 1.61 bits per heavy atom. The molecule has 1 heterocycles. The summed E-state index contributed by atoms with van der Waals surface area (Å²) < 4.78 is 1.52. The SMILES string of the molecule is CCCCC=CC1=C(c2cccc(CCCCCC)c2)[N+](=[N-])C(c2cccc(CCCCC)c2)=C1CCCC.CCCCCC#[C][Ni][C]#CCCCCC. The van der Waals surface area contributed by atoms with E-state index in [1.165, 1.54) is 138 Å². The number of benzene rings is 2. The van der Waals surface area contributed by atoms with Gasteiger partial charge in [0, 0.05) is 16.7 Å². The van der Waals surface area contributed by atoms with Crippen molar-refractivity contribution in [3.63, 3.8) is 0 Å². The molecule has 0 aliphatic carbocycles. The number of aryl methyl sites for hydroxylation is 2. The first-order valence-electron chi connectivity index (χ1n) is 21.9. The number of rotatable bonds is 24. The zero-order valence-corrected chi connectivity index (χ0v) is 36.2. The van der Waals surface area contributed by atoms with E-state index in [9.17, 15) is 5.53 Å². The maximum absolute atomic E-state index is 11.9. The molecule has 3 heteroatoms. The van der Waals surface area contributed by atoms with Crippen molar-refractivity contribution in [1.29, 1.82) is 0 Å². The molecular weight excluding hydrogens is 699 g/mol. The molecule has 1 aliphatic rings. The Balaban J connectivity index is 0.000000567. The van der Waals surface area contributed by atoms with Crippen LogP contribution < -0.4 is 0 Å². The van der Waals surface area contributed by atoms with Gasteiger partial charge in [-0.15, -0.1) is 0 Å². The van der Waals surface area contributed by atoms with E-state index in [0.29, 0.717) is 0 Å². The summed E-state index contributed by atoms with van der Waals surface area (Å²) in [5.41, 5.74) is 21.3. The molecule has 2 aromatic rings. The van der Waals surface area contributed by atoms with E-state index >= 15 is 0 Å². The Morgan fingerprint density at radius 1 is 0.556 bits per heavy atom. The molecular formula is C51H74N2Ni. The molecule has 0 atom stereocenters. The molecule has 0 N–H and O–H groups in total. The number of unbranched alkanes of at least 4 members (excludes halogenated alkanes) is 14. The predicted molar refractivity (Wildman–Crippen MR) is 233 cm³/mol. The van der Waals surface area contributed by atoms with Crippen LogP contribution >= 0.6 is 0 Å². The standard InChI is InChI=1S/C37H52N2.2C7H11.Ni/c1-5-9-13-16-21-31-23-19-25-33(29-31)37-35(27-17-14-10-6-2)34(26-12-8-4)36(39(37)38)32-24-18-22-30(28-32)20-15-11-7-3;2*1-3-5-7-6-4-2;/h17-19,22-25,27-29H,5-16,20-21,26H2,1-4H3;2*3,5-7H2,1H3;. The van der Waals surface area contributed by atoms with E-state index < -0.39 is 0 Å². The van der Waals surface area contributed by atoms with Gasteiger partial charge in [-0.3, -0.25) is 0 Å². The van der Waals surface area contributed by atoms with Gasteiger partial charge in [0.05, 0.1) is 5.57 Å². The zero-order chi connectivity index (χ0) is 39.1. The molecule has 298 valence electrons. The van der Waals surface area contributed by atoms with Gasteiger partial charge in [-0.25, -0.2) is 4.70 Å². The van der Waals surface area contributed by atoms with Gasteiger partial charge in [0.25, 0.3) is 0 Å². The fourth-order valence-electron chi connectivity index (χ4n) is 6.67. The van der Waals surface area contributed by atoms with E-state index in [4.69, 9.17) is 0 Å². The summed E-state index contributed by atoms with van der Waals surface area (Å²) in [6.45, 7) is 13.4. The molecule has 0 spiro atoms. The van der Waals surface area contributed by atoms with Crippen LogP contribution in [-0.2, 0) is 27.3 Å². The van der Waals surface area contributed by atoms with Crippen LogP contribution in [0, 0.1) is 21.6 Å². The molecule has 0 bridgehead atoms. The fraction of sp³-hybridized carbons (Fsp3) is 0.569. The van der Waals surface area contributed by atoms with Crippen molar-refractivity contribution in [3.8, 4) is 21.6 Å². The second-order valence-corrected chi connectivity index (χ2v) is 15.5. The van der Waals surface area contributed by atoms with Gasteiger partial charge in [-0.05, 0) is 80.3 Å². The Morgan fingerprint density at radius 2 is 1.06 bits per heavy atom. The van der Waals surface area contributed by atoms with Gasteiger partial charge < -0.3 is 5.53 Å². The molecule has 54 heavy (non-hydrogen) atoms. The van der Waals surface area contributed by atoms with Crippen molar-refractivity contribution in [2.45, 2.75) is 189 Å². The van der Waals surface area contributed by atoms with Crippen LogP contribution in [0.25, 0.3) is 16.9 Å². The minimum atomic E-state index is 0.940. The average Bonchev–Trinajstić information content (AvgIpc) is 3.47. The van der Waals surface area contributed by atoms with E-state index in [-0.39, 0.29) is 0 Å². The zero-order valence-electron chi connectivity index (χ0n) is 35.2. The minimum absolute atomic E-state index is 0.940. The monoisotopic (exact) mass is 773 g/mol. The summed E-state index contributed by atoms with van der Waals surface area (Å²) in [7, 11) is 0. The van der Waals surface area contributed by atoms with Crippen molar-refractivity contribution < 1.29 is 19.1 Å². The molecule has 0 fully saturated rings. The van der Waals surface area contributed by atoms with Crippen LogP contribution in [0.15, 0.2) is 71.8 Å². The molecule has 2 aromatic carbocycles. The van der Waals surface area contributed by atoms with Crippen molar-refractivity contribution in [2.75, 3.05) is 0 Å². The van der Waals surface area contributed by atoms with E-state index in [2.05, 4.69) is 124 Å². The van der Waals surface area contributed by atoms with Crippen LogP contribution in [0.5, 0.6) is 0 Å². The number of hydrogen-bond acceptors (Lipinski definition) is 0. The number of hydrogen-bond donors (Lipinski definition) is 0. The molecule has 0 amide bonds. The van der Waals surface area contributed by atoms with Gasteiger partial charge in [-0.2, -0.15) is 0 Å². The third-order valence-corrected chi connectivity index (χ3v) is 10.5. The van der Waals surface area contributed by atoms with Crippen LogP contribution in [0.1, 0.15) is 199 Å². The molecule has 0 aromatic heterocycles. The first-order valence-corrected chi connectivity index (χ1v) is 22.9. The summed E-state index contributed by atoms with van der Waals surface area (Å²) in [5, 5.41) is 0. The predicted octanol–water partition coefficient (Wildman–Crippen LogP) is 15.8. The van der Waals surface area contributed by atoms with Crippen LogP contribution in [0.2, 0.25) is 0 Å². The van der Waals surface area contributed by atoms with Crippen LogP contribution in [0.3, 0.4) is 0 Å². The molecule has 1 aliphatic heterocycles. The van der Waals surface area contributed by atoms with Crippen LogP contribution in [-0.4, -0.2) is 4.70 Å². The summed E-state index contributed by atoms with van der Waals surface area (Å²) in [6.07, 6.45) is 31.9. The van der Waals surface area contributed by atoms with E-state index in [1.54, 1.807) is 0 Å². The second-order valence-electron chi connectivity index (χ2n) is 14.7. The van der Waals surface area contributed by atoms with Gasteiger partial charge in [-0.1, -0.05) is 115 Å². The molecule has 3 rings (SSSR count). The summed E-state index contributed by atoms with van der Waals surface area (Å²) in [5.74, 6) is 6.28. The summed E-state index contributed by atoms with van der Waals surface area (Å²) in [6, 6.07) is 17.8. The fourth-order valence-corrected chi connectivity index (χ4v) is 7.16. The molecule has 0 unspecified atom stereocenters. The first-order chi connectivity index (χ1) is 26.6. The Bertz CT molecular complexity index is 1540. The Hall–Kier alpha value is -3.13. The topological polar surface area (TPSA) is 25.3 Å². The van der Waals surface area contributed by atoms with Gasteiger partial charge >= 0.3 is 101 Å². The Kier molecular flexibility index (Phi) is 27.1. The first kappa shape index (κ1) is 47.0. The average molecular weight is 774 g/mol. The summed E-state index contributed by atoms with van der Waals surface area (Å²) in [4.78, 5) is 6.10. The molecule has 0 saturated heterocycles. The maximum atomic E-state index is 11.9. The van der Waals surface area contributed by atoms with Crippen molar-refractivity contribution in [3.05, 3.63) is 99.6 Å². The number of nitrogens with zero attached hydrogens (tertiary/aromatic N) is 2. The summed E-state index contributed by atoms with van der Waals surface area (Å²) >= 11 is 1.28.